The maximum absolute atomic E-state index is 12.0. The highest BCUT2D eigenvalue weighted by atomic mass is 79.9. The summed E-state index contributed by atoms with van der Waals surface area (Å²) < 4.78 is 16.7. The first-order valence-corrected chi connectivity index (χ1v) is 7.66. The summed E-state index contributed by atoms with van der Waals surface area (Å²) in [4.78, 5) is 16.3. The molecule has 6 heteroatoms. The van der Waals surface area contributed by atoms with Gasteiger partial charge in [0.05, 0.1) is 0 Å². The summed E-state index contributed by atoms with van der Waals surface area (Å²) in [5.41, 5.74) is 1.78. The lowest BCUT2D eigenvalue weighted by Gasteiger charge is -1.99. The van der Waals surface area contributed by atoms with Crippen LogP contribution in [0.1, 0.15) is 11.1 Å². The molecule has 0 amide bonds. The number of esters is 1. The van der Waals surface area contributed by atoms with E-state index in [0.717, 1.165) is 15.6 Å². The molecule has 2 aliphatic rings. The van der Waals surface area contributed by atoms with Crippen LogP contribution >= 0.6 is 15.9 Å². The lowest BCUT2D eigenvalue weighted by atomic mass is 10.1. The van der Waals surface area contributed by atoms with Gasteiger partial charge in [-0.3, -0.25) is 0 Å². The van der Waals surface area contributed by atoms with E-state index in [1.54, 1.807) is 18.2 Å². The summed E-state index contributed by atoms with van der Waals surface area (Å²) in [5.74, 6) is 1.17. The first-order chi connectivity index (χ1) is 11.2. The number of benzene rings is 2. The molecule has 4 rings (SSSR count). The molecule has 0 aliphatic carbocycles. The number of hydrogen-bond acceptors (Lipinski definition) is 5. The van der Waals surface area contributed by atoms with Crippen molar-refractivity contribution in [3.05, 3.63) is 63.8 Å². The van der Waals surface area contributed by atoms with Crippen molar-refractivity contribution in [1.29, 1.82) is 0 Å². The van der Waals surface area contributed by atoms with Gasteiger partial charge in [0.25, 0.3) is 0 Å². The molecule has 0 bridgehead atoms. The topological polar surface area (TPSA) is 57.1 Å². The van der Waals surface area contributed by atoms with Crippen LogP contribution in [0.2, 0.25) is 0 Å². The quantitative estimate of drug-likeness (QED) is 0.598. The van der Waals surface area contributed by atoms with Gasteiger partial charge in [-0.25, -0.2) is 9.79 Å². The Morgan fingerprint density at radius 2 is 1.96 bits per heavy atom. The van der Waals surface area contributed by atoms with Gasteiger partial charge in [-0.2, -0.15) is 0 Å². The number of ether oxygens (including phenoxy) is 3. The number of hydrogen-bond donors (Lipinski definition) is 0. The molecule has 0 N–H and O–H groups in total. The standard InChI is InChI=1S/C17H10BrNO4/c18-12-3-1-2-11(8-12)16-19-13(17(20)23-16)6-10-4-5-14-15(7-10)22-9-21-14/h1-8H,9H2/b13-6+. The molecule has 0 unspecified atom stereocenters. The minimum atomic E-state index is -0.474. The van der Waals surface area contributed by atoms with Gasteiger partial charge in [-0.15, -0.1) is 0 Å². The molecule has 2 heterocycles. The van der Waals surface area contributed by atoms with Crippen molar-refractivity contribution in [2.45, 2.75) is 0 Å². The van der Waals surface area contributed by atoms with Crippen LogP contribution in [0, 0.1) is 0 Å². The van der Waals surface area contributed by atoms with E-state index in [1.165, 1.54) is 0 Å². The molecule has 0 spiro atoms. The summed E-state index contributed by atoms with van der Waals surface area (Å²) in [5, 5.41) is 0. The third kappa shape index (κ3) is 2.73. The van der Waals surface area contributed by atoms with E-state index >= 15 is 0 Å². The van der Waals surface area contributed by atoms with E-state index in [0.29, 0.717) is 17.4 Å². The first kappa shape index (κ1) is 14.0. The Morgan fingerprint density at radius 3 is 2.83 bits per heavy atom. The second-order valence-corrected chi connectivity index (χ2v) is 5.87. The molecular weight excluding hydrogens is 362 g/mol. The van der Waals surface area contributed by atoms with Crippen molar-refractivity contribution in [2.24, 2.45) is 4.99 Å². The zero-order chi connectivity index (χ0) is 15.8. The van der Waals surface area contributed by atoms with Gasteiger partial charge in [-0.1, -0.05) is 28.1 Å². The van der Waals surface area contributed by atoms with Crippen LogP contribution in [-0.4, -0.2) is 18.7 Å². The Labute approximate surface area is 140 Å². The molecule has 2 aliphatic heterocycles. The smallest absolute Gasteiger partial charge is 0.363 e. The Kier molecular flexibility index (Phi) is 3.38. The Hall–Kier alpha value is -2.60. The van der Waals surface area contributed by atoms with Gasteiger partial charge < -0.3 is 14.2 Å². The van der Waals surface area contributed by atoms with Crippen molar-refractivity contribution in [1.82, 2.24) is 0 Å². The molecular formula is C17H10BrNO4. The minimum Gasteiger partial charge on any atom is -0.454 e. The zero-order valence-corrected chi connectivity index (χ0v) is 13.4. The van der Waals surface area contributed by atoms with Crippen LogP contribution in [0.25, 0.3) is 6.08 Å². The second-order valence-electron chi connectivity index (χ2n) is 4.96. The van der Waals surface area contributed by atoms with Crippen LogP contribution < -0.4 is 9.47 Å². The summed E-state index contributed by atoms with van der Waals surface area (Å²) in [7, 11) is 0. The SMILES string of the molecule is O=C1OC(c2cccc(Br)c2)=N/C1=C/c1ccc2c(c1)OCO2. The first-order valence-electron chi connectivity index (χ1n) is 6.87. The molecule has 0 aromatic heterocycles. The third-order valence-electron chi connectivity index (χ3n) is 3.39. The van der Waals surface area contributed by atoms with E-state index in [-0.39, 0.29) is 12.5 Å². The van der Waals surface area contributed by atoms with Gasteiger partial charge >= 0.3 is 5.97 Å². The number of nitrogens with zero attached hydrogens (tertiary/aromatic N) is 1. The molecule has 0 saturated carbocycles. The lowest BCUT2D eigenvalue weighted by Crippen LogP contribution is -2.05. The molecule has 2 aromatic carbocycles. The maximum atomic E-state index is 12.0. The predicted octanol–water partition coefficient (Wildman–Crippen LogP) is 3.52. The second kappa shape index (κ2) is 5.55. The predicted molar refractivity (Wildman–Crippen MR) is 87.3 cm³/mol. The van der Waals surface area contributed by atoms with E-state index in [2.05, 4.69) is 20.9 Å². The van der Waals surface area contributed by atoms with Crippen LogP contribution in [0.3, 0.4) is 0 Å². The van der Waals surface area contributed by atoms with Crippen molar-refractivity contribution in [3.63, 3.8) is 0 Å². The number of halogens is 1. The van der Waals surface area contributed by atoms with Gasteiger partial charge in [0.1, 0.15) is 0 Å². The highest BCUT2D eigenvalue weighted by Gasteiger charge is 2.24. The average Bonchev–Trinajstić information content (AvgIpc) is 3.14. The van der Waals surface area contributed by atoms with E-state index < -0.39 is 5.97 Å². The van der Waals surface area contributed by atoms with E-state index in [4.69, 9.17) is 14.2 Å². The molecule has 0 saturated heterocycles. The van der Waals surface area contributed by atoms with Crippen molar-refractivity contribution in [3.8, 4) is 11.5 Å². The average molecular weight is 372 g/mol. The van der Waals surface area contributed by atoms with Crippen LogP contribution in [0.4, 0.5) is 0 Å². The van der Waals surface area contributed by atoms with Gasteiger partial charge in [0.2, 0.25) is 12.7 Å². The van der Waals surface area contributed by atoms with Crippen LogP contribution in [0.5, 0.6) is 11.5 Å². The summed E-state index contributed by atoms with van der Waals surface area (Å²) in [6.45, 7) is 0.211. The monoisotopic (exact) mass is 371 g/mol. The van der Waals surface area contributed by atoms with E-state index in [1.807, 2.05) is 30.3 Å². The maximum Gasteiger partial charge on any atom is 0.363 e. The summed E-state index contributed by atoms with van der Waals surface area (Å²) >= 11 is 3.39. The van der Waals surface area contributed by atoms with Crippen LogP contribution in [-0.2, 0) is 9.53 Å². The third-order valence-corrected chi connectivity index (χ3v) is 3.89. The van der Waals surface area contributed by atoms with Crippen molar-refractivity contribution < 1.29 is 19.0 Å². The Morgan fingerprint density at radius 1 is 1.09 bits per heavy atom. The Bertz CT molecular complexity index is 873. The van der Waals surface area contributed by atoms with Crippen molar-refractivity contribution in [2.75, 3.05) is 6.79 Å². The highest BCUT2D eigenvalue weighted by Crippen LogP contribution is 2.33. The van der Waals surface area contributed by atoms with Gasteiger partial charge in [0.15, 0.2) is 17.2 Å². The minimum absolute atomic E-state index is 0.211. The fourth-order valence-electron chi connectivity index (χ4n) is 2.31. The number of aliphatic imine (C=N–C) groups is 1. The summed E-state index contributed by atoms with van der Waals surface area (Å²) in [6.07, 6.45) is 1.66. The van der Waals surface area contributed by atoms with Crippen molar-refractivity contribution >= 4 is 33.9 Å². The van der Waals surface area contributed by atoms with Gasteiger partial charge in [-0.05, 0) is 42.0 Å². The lowest BCUT2D eigenvalue weighted by molar-refractivity contribution is -0.129. The number of carbonyl (C=O) groups is 1. The largest absolute Gasteiger partial charge is 0.454 e. The molecule has 0 fully saturated rings. The highest BCUT2D eigenvalue weighted by molar-refractivity contribution is 9.10. The molecule has 114 valence electrons. The fourth-order valence-corrected chi connectivity index (χ4v) is 2.71. The van der Waals surface area contributed by atoms with Gasteiger partial charge in [0, 0.05) is 10.0 Å². The molecule has 23 heavy (non-hydrogen) atoms. The number of fused-ring (bicyclic) bond motifs is 1. The zero-order valence-electron chi connectivity index (χ0n) is 11.8. The number of cyclic esters (lactones) is 1. The Balaban J connectivity index is 1.67. The number of carbonyl (C=O) groups excluding carboxylic acids is 1. The summed E-state index contributed by atoms with van der Waals surface area (Å²) in [6, 6.07) is 12.9. The molecule has 0 atom stereocenters. The normalized spacial score (nSPS) is 17.3. The molecule has 0 radical (unpaired) electrons. The van der Waals surface area contributed by atoms with E-state index in [9.17, 15) is 4.79 Å². The number of rotatable bonds is 2. The molecule has 5 nitrogen and oxygen atoms in total. The fraction of sp³-hybridized carbons (Fsp3) is 0.0588. The molecule has 2 aromatic rings. The van der Waals surface area contributed by atoms with Crippen LogP contribution in [0.15, 0.2) is 57.6 Å².